The molecule has 4 heteroatoms. The highest BCUT2D eigenvalue weighted by atomic mass is 16.5. The third-order valence-corrected chi connectivity index (χ3v) is 2.77. The molecule has 4 nitrogen and oxygen atoms in total. The van der Waals surface area contributed by atoms with Crippen molar-refractivity contribution in [2.24, 2.45) is 0 Å². The Kier molecular flexibility index (Phi) is 5.65. The Balaban J connectivity index is 2.41. The van der Waals surface area contributed by atoms with Crippen LogP contribution in [0.1, 0.15) is 32.3 Å². The molecule has 0 fully saturated rings. The Morgan fingerprint density at radius 2 is 2.06 bits per heavy atom. The van der Waals surface area contributed by atoms with Crippen LogP contribution >= 0.6 is 0 Å². The van der Waals surface area contributed by atoms with Gasteiger partial charge in [-0.05, 0) is 18.9 Å². The highest BCUT2D eigenvalue weighted by Gasteiger charge is 2.25. The molecule has 1 rings (SSSR count). The van der Waals surface area contributed by atoms with Crippen LogP contribution in [0.5, 0.6) is 0 Å². The summed E-state index contributed by atoms with van der Waals surface area (Å²) >= 11 is 0. The summed E-state index contributed by atoms with van der Waals surface area (Å²) in [5, 5.41) is 12.0. The van der Waals surface area contributed by atoms with E-state index in [1.165, 1.54) is 0 Å². The third kappa shape index (κ3) is 4.75. The second-order valence-electron chi connectivity index (χ2n) is 4.66. The number of hydrogen-bond donors (Lipinski definition) is 2. The molecule has 1 unspecified atom stereocenters. The molecule has 1 aromatic carbocycles. The molecule has 0 spiro atoms. The molecule has 1 amide bonds. The first kappa shape index (κ1) is 14.5. The van der Waals surface area contributed by atoms with Crippen molar-refractivity contribution in [3.05, 3.63) is 35.9 Å². The lowest BCUT2D eigenvalue weighted by atomic mass is 9.98. The number of carbonyl (C=O) groups is 1. The maximum atomic E-state index is 11.6. The Bertz CT molecular complexity index is 367. The van der Waals surface area contributed by atoms with E-state index in [1.54, 1.807) is 6.92 Å². The van der Waals surface area contributed by atoms with Crippen molar-refractivity contribution in [1.29, 1.82) is 0 Å². The van der Waals surface area contributed by atoms with Crippen LogP contribution in [-0.2, 0) is 11.3 Å². The number of amides is 1. The smallest absolute Gasteiger partial charge is 0.407 e. The van der Waals surface area contributed by atoms with Gasteiger partial charge in [0.25, 0.3) is 0 Å². The normalized spacial score (nSPS) is 13.7. The number of carbonyl (C=O) groups excluding carboxylic acids is 1. The van der Waals surface area contributed by atoms with Gasteiger partial charge in [-0.1, -0.05) is 43.7 Å². The number of rotatable bonds is 6. The van der Waals surface area contributed by atoms with Crippen LogP contribution in [0.25, 0.3) is 0 Å². The van der Waals surface area contributed by atoms with E-state index in [1.807, 2.05) is 37.3 Å². The molecule has 18 heavy (non-hydrogen) atoms. The van der Waals surface area contributed by atoms with E-state index in [0.717, 1.165) is 12.0 Å². The lowest BCUT2D eigenvalue weighted by Crippen LogP contribution is -2.48. The Morgan fingerprint density at radius 3 is 2.61 bits per heavy atom. The summed E-state index contributed by atoms with van der Waals surface area (Å²) in [5.41, 5.74) is 0.330. The second-order valence-corrected chi connectivity index (χ2v) is 4.66. The minimum Gasteiger partial charge on any atom is -0.445 e. The summed E-state index contributed by atoms with van der Waals surface area (Å²) in [6.07, 6.45) is 1.10. The second kappa shape index (κ2) is 7.01. The molecule has 1 atom stereocenters. The Labute approximate surface area is 108 Å². The molecular formula is C14H21NO3. The minimum atomic E-state index is -0.609. The van der Waals surface area contributed by atoms with Gasteiger partial charge < -0.3 is 15.2 Å². The largest absolute Gasteiger partial charge is 0.445 e. The zero-order chi connectivity index (χ0) is 13.4. The van der Waals surface area contributed by atoms with Crippen LogP contribution in [0.2, 0.25) is 0 Å². The number of aliphatic hydroxyl groups is 1. The van der Waals surface area contributed by atoms with Crippen molar-refractivity contribution in [1.82, 2.24) is 5.32 Å². The molecule has 100 valence electrons. The van der Waals surface area contributed by atoms with Crippen LogP contribution in [0.15, 0.2) is 30.3 Å². The van der Waals surface area contributed by atoms with Crippen LogP contribution in [0, 0.1) is 0 Å². The maximum Gasteiger partial charge on any atom is 0.407 e. The number of alkyl carbamates (subject to hydrolysis) is 1. The Morgan fingerprint density at radius 1 is 1.39 bits per heavy atom. The number of nitrogens with one attached hydrogen (secondary N) is 1. The predicted molar refractivity (Wildman–Crippen MR) is 70.2 cm³/mol. The summed E-state index contributed by atoms with van der Waals surface area (Å²) in [7, 11) is 0. The highest BCUT2D eigenvalue weighted by Crippen LogP contribution is 2.11. The van der Waals surface area contributed by atoms with Crippen molar-refractivity contribution in [3.8, 4) is 0 Å². The van der Waals surface area contributed by atoms with Crippen molar-refractivity contribution in [3.63, 3.8) is 0 Å². The zero-order valence-electron chi connectivity index (χ0n) is 11.0. The predicted octanol–water partition coefficient (Wildman–Crippen LogP) is 2.46. The van der Waals surface area contributed by atoms with Gasteiger partial charge >= 0.3 is 6.09 Å². The standard InChI is InChI=1S/C14H21NO3/c1-3-9-14(2,11-16)15-13(17)18-10-12-7-5-4-6-8-12/h4-8,16H,3,9-11H2,1-2H3,(H,15,17). The van der Waals surface area contributed by atoms with Crippen LogP contribution in [0.3, 0.4) is 0 Å². The average molecular weight is 251 g/mol. The van der Waals surface area contributed by atoms with E-state index in [4.69, 9.17) is 4.74 Å². The molecule has 0 aliphatic carbocycles. The summed E-state index contributed by atoms with van der Waals surface area (Å²) in [5.74, 6) is 0. The van der Waals surface area contributed by atoms with Crippen molar-refractivity contribution in [2.45, 2.75) is 38.8 Å². The molecule has 0 aliphatic heterocycles. The van der Waals surface area contributed by atoms with Gasteiger partial charge in [0.05, 0.1) is 12.1 Å². The van der Waals surface area contributed by atoms with Crippen LogP contribution in [0.4, 0.5) is 4.79 Å². The van der Waals surface area contributed by atoms with E-state index in [9.17, 15) is 9.90 Å². The molecular weight excluding hydrogens is 230 g/mol. The van der Waals surface area contributed by atoms with E-state index in [-0.39, 0.29) is 13.2 Å². The number of benzene rings is 1. The first-order chi connectivity index (χ1) is 8.59. The number of ether oxygens (including phenoxy) is 1. The first-order valence-corrected chi connectivity index (χ1v) is 6.19. The quantitative estimate of drug-likeness (QED) is 0.816. The highest BCUT2D eigenvalue weighted by molar-refractivity contribution is 5.68. The number of hydrogen-bond acceptors (Lipinski definition) is 3. The van der Waals surface area contributed by atoms with Gasteiger partial charge in [-0.15, -0.1) is 0 Å². The fourth-order valence-electron chi connectivity index (χ4n) is 1.74. The first-order valence-electron chi connectivity index (χ1n) is 6.19. The van der Waals surface area contributed by atoms with Gasteiger partial charge in [0.15, 0.2) is 0 Å². The average Bonchev–Trinajstić information content (AvgIpc) is 2.38. The van der Waals surface area contributed by atoms with Crippen LogP contribution < -0.4 is 5.32 Å². The summed E-state index contributed by atoms with van der Waals surface area (Å²) in [6, 6.07) is 9.49. The molecule has 2 N–H and O–H groups in total. The van der Waals surface area contributed by atoms with E-state index in [0.29, 0.717) is 6.42 Å². The van der Waals surface area contributed by atoms with Gasteiger partial charge in [0.1, 0.15) is 6.61 Å². The van der Waals surface area contributed by atoms with Crippen molar-refractivity contribution < 1.29 is 14.6 Å². The fraction of sp³-hybridized carbons (Fsp3) is 0.500. The van der Waals surface area contributed by atoms with E-state index >= 15 is 0 Å². The minimum absolute atomic E-state index is 0.0960. The monoisotopic (exact) mass is 251 g/mol. The topological polar surface area (TPSA) is 58.6 Å². The lowest BCUT2D eigenvalue weighted by Gasteiger charge is -2.27. The summed E-state index contributed by atoms with van der Waals surface area (Å²) < 4.78 is 5.11. The lowest BCUT2D eigenvalue weighted by molar-refractivity contribution is 0.108. The summed E-state index contributed by atoms with van der Waals surface area (Å²) in [4.78, 5) is 11.6. The zero-order valence-corrected chi connectivity index (χ0v) is 11.0. The number of aliphatic hydroxyl groups excluding tert-OH is 1. The van der Waals surface area contributed by atoms with E-state index < -0.39 is 11.6 Å². The summed E-state index contributed by atoms with van der Waals surface area (Å²) in [6.45, 7) is 3.95. The van der Waals surface area contributed by atoms with Crippen molar-refractivity contribution >= 4 is 6.09 Å². The maximum absolute atomic E-state index is 11.6. The van der Waals surface area contributed by atoms with Crippen LogP contribution in [-0.4, -0.2) is 23.3 Å². The molecule has 0 saturated heterocycles. The molecule has 0 heterocycles. The van der Waals surface area contributed by atoms with Gasteiger partial charge in [0.2, 0.25) is 0 Å². The van der Waals surface area contributed by atoms with E-state index in [2.05, 4.69) is 5.32 Å². The molecule has 0 aliphatic rings. The molecule has 0 bridgehead atoms. The third-order valence-electron chi connectivity index (χ3n) is 2.77. The molecule has 0 aromatic heterocycles. The van der Waals surface area contributed by atoms with Crippen molar-refractivity contribution in [2.75, 3.05) is 6.61 Å². The Hall–Kier alpha value is -1.55. The van der Waals surface area contributed by atoms with Gasteiger partial charge in [-0.3, -0.25) is 0 Å². The van der Waals surface area contributed by atoms with Gasteiger partial charge in [0, 0.05) is 0 Å². The van der Waals surface area contributed by atoms with Gasteiger partial charge in [-0.2, -0.15) is 0 Å². The molecule has 0 saturated carbocycles. The molecule has 0 radical (unpaired) electrons. The fourth-order valence-corrected chi connectivity index (χ4v) is 1.74. The SMILES string of the molecule is CCCC(C)(CO)NC(=O)OCc1ccccc1. The molecule has 1 aromatic rings. The van der Waals surface area contributed by atoms with Gasteiger partial charge in [-0.25, -0.2) is 4.79 Å².